The fourth-order valence-corrected chi connectivity index (χ4v) is 2.63. The highest BCUT2D eigenvalue weighted by Gasteiger charge is 2.13. The van der Waals surface area contributed by atoms with Gasteiger partial charge >= 0.3 is 6.03 Å². The van der Waals surface area contributed by atoms with E-state index in [0.29, 0.717) is 28.7 Å². The molecule has 3 rings (SSSR count). The van der Waals surface area contributed by atoms with Crippen LogP contribution in [-0.2, 0) is 6.42 Å². The quantitative estimate of drug-likeness (QED) is 0.871. The molecule has 0 atom stereocenters. The van der Waals surface area contributed by atoms with Gasteiger partial charge in [0, 0.05) is 11.6 Å². The highest BCUT2D eigenvalue weighted by Crippen LogP contribution is 2.32. The molecule has 0 aliphatic carbocycles. The normalized spacial score (nSPS) is 12.1. The second-order valence-corrected chi connectivity index (χ2v) is 5.79. The van der Waals surface area contributed by atoms with Crippen molar-refractivity contribution in [2.45, 2.75) is 6.42 Å². The third-order valence-electron chi connectivity index (χ3n) is 3.32. The number of carbonyl (C=O) groups is 1. The first-order valence-corrected chi connectivity index (χ1v) is 7.76. The van der Waals surface area contributed by atoms with Gasteiger partial charge in [-0.15, -0.1) is 0 Å². The maximum atomic E-state index is 11.9. The number of urea groups is 1. The molecule has 23 heavy (non-hydrogen) atoms. The van der Waals surface area contributed by atoms with Crippen LogP contribution in [0, 0.1) is 0 Å². The van der Waals surface area contributed by atoms with Gasteiger partial charge < -0.3 is 20.1 Å². The predicted molar refractivity (Wildman–Crippen MR) is 89.8 cm³/mol. The minimum absolute atomic E-state index is 0.251. The molecular weight excluding hydrogens is 339 g/mol. The van der Waals surface area contributed by atoms with Gasteiger partial charge in [0.15, 0.2) is 11.5 Å². The summed E-state index contributed by atoms with van der Waals surface area (Å²) in [5.74, 6) is 1.48. The number of nitrogens with one attached hydrogen (secondary N) is 2. The lowest BCUT2D eigenvalue weighted by atomic mass is 10.1. The maximum Gasteiger partial charge on any atom is 0.319 e. The number of anilines is 1. The van der Waals surface area contributed by atoms with Crippen molar-refractivity contribution in [3.8, 4) is 11.5 Å². The molecule has 2 amide bonds. The Hall–Kier alpha value is -2.11. The van der Waals surface area contributed by atoms with Gasteiger partial charge in [-0.1, -0.05) is 29.3 Å². The Morgan fingerprint density at radius 3 is 2.74 bits per heavy atom. The smallest absolute Gasteiger partial charge is 0.319 e. The fraction of sp³-hybridized carbons (Fsp3) is 0.188. The molecule has 0 aromatic heterocycles. The first-order valence-electron chi connectivity index (χ1n) is 7.00. The van der Waals surface area contributed by atoms with Crippen LogP contribution in [0.15, 0.2) is 36.4 Å². The summed E-state index contributed by atoms with van der Waals surface area (Å²) in [4.78, 5) is 11.9. The first-order chi connectivity index (χ1) is 11.1. The van der Waals surface area contributed by atoms with E-state index in [1.807, 2.05) is 18.2 Å². The molecule has 1 aliphatic rings. The number of amides is 2. The van der Waals surface area contributed by atoms with Crippen LogP contribution in [0.1, 0.15) is 5.56 Å². The lowest BCUT2D eigenvalue weighted by Gasteiger charge is -2.09. The van der Waals surface area contributed by atoms with E-state index in [9.17, 15) is 4.79 Å². The van der Waals surface area contributed by atoms with E-state index in [2.05, 4.69) is 10.6 Å². The van der Waals surface area contributed by atoms with Crippen molar-refractivity contribution in [2.24, 2.45) is 0 Å². The molecule has 2 N–H and O–H groups in total. The molecular formula is C16H14Cl2N2O3. The monoisotopic (exact) mass is 352 g/mol. The summed E-state index contributed by atoms with van der Waals surface area (Å²) in [6.45, 7) is 0.734. The van der Waals surface area contributed by atoms with Crippen LogP contribution in [0.5, 0.6) is 11.5 Å². The summed E-state index contributed by atoms with van der Waals surface area (Å²) in [5.41, 5.74) is 1.57. The molecule has 0 bridgehead atoms. The Kier molecular flexibility index (Phi) is 4.79. The molecule has 0 spiro atoms. The van der Waals surface area contributed by atoms with E-state index < -0.39 is 0 Å². The summed E-state index contributed by atoms with van der Waals surface area (Å²) in [6.07, 6.45) is 0.679. The average molecular weight is 353 g/mol. The predicted octanol–water partition coefficient (Wildman–Crippen LogP) is 4.09. The Morgan fingerprint density at radius 1 is 1.09 bits per heavy atom. The van der Waals surface area contributed by atoms with Gasteiger partial charge in [0.05, 0.1) is 10.7 Å². The Morgan fingerprint density at radius 2 is 1.91 bits per heavy atom. The first kappa shape index (κ1) is 15.8. The van der Waals surface area contributed by atoms with E-state index in [-0.39, 0.29) is 12.8 Å². The molecule has 2 aromatic rings. The number of fused-ring (bicyclic) bond motifs is 1. The SMILES string of the molecule is O=C(NCCc1ccc2c(c1)OCO2)Nc1ccc(Cl)cc1Cl. The van der Waals surface area contributed by atoms with Crippen LogP contribution in [0.2, 0.25) is 10.0 Å². The van der Waals surface area contributed by atoms with Crippen LogP contribution >= 0.6 is 23.2 Å². The Bertz CT molecular complexity index is 737. The van der Waals surface area contributed by atoms with Gasteiger partial charge in [-0.2, -0.15) is 0 Å². The van der Waals surface area contributed by atoms with Crippen molar-refractivity contribution in [1.29, 1.82) is 0 Å². The molecule has 7 heteroatoms. The van der Waals surface area contributed by atoms with E-state index in [0.717, 1.165) is 17.1 Å². The summed E-state index contributed by atoms with van der Waals surface area (Å²) in [6, 6.07) is 10.3. The number of carbonyl (C=O) groups excluding carboxylic acids is 1. The molecule has 1 heterocycles. The van der Waals surface area contributed by atoms with Gasteiger partial charge in [0.1, 0.15) is 0 Å². The zero-order valence-electron chi connectivity index (χ0n) is 12.1. The third kappa shape index (κ3) is 4.00. The number of benzene rings is 2. The van der Waals surface area contributed by atoms with Crippen molar-refractivity contribution >= 4 is 34.9 Å². The third-order valence-corrected chi connectivity index (χ3v) is 3.86. The van der Waals surface area contributed by atoms with E-state index in [4.69, 9.17) is 32.7 Å². The number of rotatable bonds is 4. The second kappa shape index (κ2) is 6.98. The summed E-state index contributed by atoms with van der Waals surface area (Å²) < 4.78 is 10.6. The molecule has 120 valence electrons. The molecule has 2 aromatic carbocycles. The van der Waals surface area contributed by atoms with Crippen LogP contribution in [0.25, 0.3) is 0 Å². The number of hydrogen-bond acceptors (Lipinski definition) is 3. The molecule has 0 radical (unpaired) electrons. The topological polar surface area (TPSA) is 59.6 Å². The van der Waals surface area contributed by atoms with Gasteiger partial charge in [0.2, 0.25) is 6.79 Å². The highest BCUT2D eigenvalue weighted by molar-refractivity contribution is 6.36. The molecule has 0 fully saturated rings. The number of ether oxygens (including phenoxy) is 2. The second-order valence-electron chi connectivity index (χ2n) is 4.94. The van der Waals surface area contributed by atoms with Gasteiger partial charge in [-0.3, -0.25) is 0 Å². The molecule has 0 unspecified atom stereocenters. The van der Waals surface area contributed by atoms with Crippen LogP contribution in [0.4, 0.5) is 10.5 Å². The number of halogens is 2. The van der Waals surface area contributed by atoms with E-state index in [1.165, 1.54) is 0 Å². The van der Waals surface area contributed by atoms with Gasteiger partial charge in [-0.25, -0.2) is 4.79 Å². The number of hydrogen-bond donors (Lipinski definition) is 2. The largest absolute Gasteiger partial charge is 0.454 e. The van der Waals surface area contributed by atoms with Crippen molar-refractivity contribution in [1.82, 2.24) is 5.32 Å². The molecule has 0 saturated heterocycles. The minimum Gasteiger partial charge on any atom is -0.454 e. The molecule has 1 aliphatic heterocycles. The lowest BCUT2D eigenvalue weighted by Crippen LogP contribution is -2.30. The average Bonchev–Trinajstić information content (AvgIpc) is 2.98. The van der Waals surface area contributed by atoms with Crippen molar-refractivity contribution < 1.29 is 14.3 Å². The van der Waals surface area contributed by atoms with Gasteiger partial charge in [0.25, 0.3) is 0 Å². The van der Waals surface area contributed by atoms with E-state index >= 15 is 0 Å². The van der Waals surface area contributed by atoms with Crippen LogP contribution in [0.3, 0.4) is 0 Å². The Labute approximate surface area is 143 Å². The van der Waals surface area contributed by atoms with Crippen LogP contribution < -0.4 is 20.1 Å². The fourth-order valence-electron chi connectivity index (χ4n) is 2.17. The Balaban J connectivity index is 1.49. The van der Waals surface area contributed by atoms with Gasteiger partial charge in [-0.05, 0) is 42.3 Å². The summed E-state index contributed by atoms with van der Waals surface area (Å²) in [5, 5.41) is 6.36. The van der Waals surface area contributed by atoms with E-state index in [1.54, 1.807) is 18.2 Å². The van der Waals surface area contributed by atoms with Crippen molar-refractivity contribution in [2.75, 3.05) is 18.7 Å². The highest BCUT2D eigenvalue weighted by atomic mass is 35.5. The van der Waals surface area contributed by atoms with Crippen LogP contribution in [-0.4, -0.2) is 19.4 Å². The zero-order valence-corrected chi connectivity index (χ0v) is 13.6. The summed E-state index contributed by atoms with van der Waals surface area (Å²) in [7, 11) is 0. The zero-order chi connectivity index (χ0) is 16.2. The van der Waals surface area contributed by atoms with Crippen molar-refractivity contribution in [3.05, 3.63) is 52.0 Å². The summed E-state index contributed by atoms with van der Waals surface area (Å²) >= 11 is 11.8. The molecule has 5 nitrogen and oxygen atoms in total. The van der Waals surface area contributed by atoms with Crippen molar-refractivity contribution in [3.63, 3.8) is 0 Å². The molecule has 0 saturated carbocycles. The lowest BCUT2D eigenvalue weighted by molar-refractivity contribution is 0.174. The standard InChI is InChI=1S/C16H14Cl2N2O3/c17-11-2-3-13(12(18)8-11)20-16(21)19-6-5-10-1-4-14-15(7-10)23-9-22-14/h1-4,7-8H,5-6,9H2,(H2,19,20,21). The maximum absolute atomic E-state index is 11.9. The minimum atomic E-state index is -0.324.